The van der Waals surface area contributed by atoms with Crippen molar-refractivity contribution in [3.8, 4) is 0 Å². The van der Waals surface area contributed by atoms with E-state index < -0.39 is 15.8 Å². The Kier molecular flexibility index (Phi) is 4.22. The molecule has 0 amide bonds. The van der Waals surface area contributed by atoms with Crippen LogP contribution in [0.25, 0.3) is 0 Å². The molecule has 4 nitrogen and oxygen atoms in total. The Balaban J connectivity index is 2.38. The van der Waals surface area contributed by atoms with E-state index in [-0.39, 0.29) is 20.1 Å². The first-order valence-electron chi connectivity index (χ1n) is 5.32. The Morgan fingerprint density at radius 1 is 1.20 bits per heavy atom. The summed E-state index contributed by atoms with van der Waals surface area (Å²) in [6, 6.07) is 7.67. The van der Waals surface area contributed by atoms with E-state index in [1.54, 1.807) is 0 Å². The van der Waals surface area contributed by atoms with Gasteiger partial charge in [0.25, 0.3) is 10.0 Å². The highest BCUT2D eigenvalue weighted by molar-refractivity contribution is 9.10. The van der Waals surface area contributed by atoms with Crippen LogP contribution in [0.1, 0.15) is 0 Å². The van der Waals surface area contributed by atoms with E-state index in [1.165, 1.54) is 24.3 Å². The molecule has 0 atom stereocenters. The van der Waals surface area contributed by atoms with Crippen molar-refractivity contribution in [3.63, 3.8) is 0 Å². The molecular weight excluding hydrogens is 371 g/mol. The van der Waals surface area contributed by atoms with Gasteiger partial charge in [-0.3, -0.25) is 4.72 Å². The molecule has 0 saturated carbocycles. The van der Waals surface area contributed by atoms with Gasteiger partial charge in [0.05, 0.1) is 16.4 Å². The molecule has 0 radical (unpaired) electrons. The second-order valence-electron chi connectivity index (χ2n) is 3.92. The average Bonchev–Trinajstić information content (AvgIpc) is 2.33. The summed E-state index contributed by atoms with van der Waals surface area (Å²) in [5.41, 5.74) is 6.16. The highest BCUT2D eigenvalue weighted by atomic mass is 79.9. The Morgan fingerprint density at radius 3 is 2.50 bits per heavy atom. The van der Waals surface area contributed by atoms with Crippen LogP contribution in [-0.4, -0.2) is 8.42 Å². The monoisotopic (exact) mass is 378 g/mol. The van der Waals surface area contributed by atoms with E-state index >= 15 is 0 Å². The van der Waals surface area contributed by atoms with Gasteiger partial charge in [-0.15, -0.1) is 0 Å². The van der Waals surface area contributed by atoms with Crippen LogP contribution >= 0.6 is 27.5 Å². The van der Waals surface area contributed by atoms with Gasteiger partial charge < -0.3 is 5.73 Å². The van der Waals surface area contributed by atoms with Gasteiger partial charge in [-0.05, 0) is 52.3 Å². The fourth-order valence-corrected chi connectivity index (χ4v) is 3.77. The van der Waals surface area contributed by atoms with Crippen LogP contribution in [-0.2, 0) is 10.0 Å². The first-order valence-corrected chi connectivity index (χ1v) is 7.98. The van der Waals surface area contributed by atoms with Gasteiger partial charge in [-0.25, -0.2) is 12.8 Å². The second-order valence-corrected chi connectivity index (χ2v) is 6.83. The minimum absolute atomic E-state index is 0.0770. The van der Waals surface area contributed by atoms with E-state index in [0.717, 1.165) is 12.1 Å². The molecule has 0 aromatic heterocycles. The van der Waals surface area contributed by atoms with Gasteiger partial charge in [0.1, 0.15) is 10.7 Å². The first-order chi connectivity index (χ1) is 9.29. The van der Waals surface area contributed by atoms with Crippen LogP contribution in [0, 0.1) is 5.82 Å². The zero-order valence-electron chi connectivity index (χ0n) is 9.90. The minimum atomic E-state index is -3.85. The van der Waals surface area contributed by atoms with Crippen molar-refractivity contribution < 1.29 is 12.8 Å². The molecule has 0 spiro atoms. The zero-order chi connectivity index (χ0) is 14.9. The predicted octanol–water partition coefficient (Wildman–Crippen LogP) is 3.62. The maximum atomic E-state index is 13.0. The van der Waals surface area contributed by atoms with Gasteiger partial charge in [-0.1, -0.05) is 11.6 Å². The van der Waals surface area contributed by atoms with Crippen LogP contribution in [0.2, 0.25) is 5.02 Å². The number of hydrogen-bond donors (Lipinski definition) is 2. The molecule has 0 aliphatic heterocycles. The van der Waals surface area contributed by atoms with Crippen molar-refractivity contribution in [1.82, 2.24) is 0 Å². The van der Waals surface area contributed by atoms with Gasteiger partial charge in [0.2, 0.25) is 0 Å². The number of sulfonamides is 1. The van der Waals surface area contributed by atoms with Crippen molar-refractivity contribution in [2.75, 3.05) is 10.5 Å². The maximum Gasteiger partial charge on any atom is 0.263 e. The van der Waals surface area contributed by atoms with E-state index in [4.69, 9.17) is 17.3 Å². The highest BCUT2D eigenvalue weighted by Crippen LogP contribution is 2.27. The van der Waals surface area contributed by atoms with Crippen molar-refractivity contribution in [1.29, 1.82) is 0 Å². The molecule has 0 bridgehead atoms. The largest absolute Gasteiger partial charge is 0.398 e. The summed E-state index contributed by atoms with van der Waals surface area (Å²) < 4.78 is 39.8. The Bertz CT molecular complexity index is 768. The number of anilines is 2. The van der Waals surface area contributed by atoms with E-state index in [0.29, 0.717) is 5.69 Å². The van der Waals surface area contributed by atoms with E-state index in [9.17, 15) is 12.8 Å². The first kappa shape index (κ1) is 15.1. The molecule has 2 rings (SSSR count). The molecule has 8 heteroatoms. The Labute approximate surface area is 128 Å². The quantitative estimate of drug-likeness (QED) is 0.800. The zero-order valence-corrected chi connectivity index (χ0v) is 13.1. The van der Waals surface area contributed by atoms with Crippen LogP contribution in [0.15, 0.2) is 45.8 Å². The summed E-state index contributed by atoms with van der Waals surface area (Å²) in [5, 5.41) is 0.239. The van der Waals surface area contributed by atoms with Crippen LogP contribution in [0.4, 0.5) is 15.8 Å². The summed E-state index contributed by atoms with van der Waals surface area (Å²) in [4.78, 5) is -0.0770. The fraction of sp³-hybridized carbons (Fsp3) is 0. The average molecular weight is 380 g/mol. The van der Waals surface area contributed by atoms with E-state index in [2.05, 4.69) is 20.7 Å². The van der Waals surface area contributed by atoms with Crippen molar-refractivity contribution in [2.24, 2.45) is 0 Å². The number of halogens is 3. The fourth-order valence-electron chi connectivity index (χ4n) is 1.49. The minimum Gasteiger partial charge on any atom is -0.398 e. The molecule has 2 aromatic rings. The smallest absolute Gasteiger partial charge is 0.263 e. The third-order valence-electron chi connectivity index (χ3n) is 2.44. The van der Waals surface area contributed by atoms with Gasteiger partial charge in [0.15, 0.2) is 0 Å². The topological polar surface area (TPSA) is 72.2 Å². The SMILES string of the molecule is Nc1ccc(NS(=O)(=O)c2ccc(F)cc2Br)cc1Cl. The van der Waals surface area contributed by atoms with Crippen molar-refractivity contribution >= 4 is 48.9 Å². The number of rotatable bonds is 3. The van der Waals surface area contributed by atoms with Crippen LogP contribution in [0.5, 0.6) is 0 Å². The molecule has 2 aromatic carbocycles. The number of benzene rings is 2. The molecule has 0 aliphatic rings. The normalized spacial score (nSPS) is 11.3. The number of nitrogen functional groups attached to an aromatic ring is 1. The standard InChI is InChI=1S/C12H9BrClFN2O2S/c13-9-5-7(15)1-4-12(9)20(18,19)17-8-2-3-11(16)10(14)6-8/h1-6,17H,16H2. The molecule has 20 heavy (non-hydrogen) atoms. The van der Waals surface area contributed by atoms with Gasteiger partial charge in [0, 0.05) is 4.47 Å². The van der Waals surface area contributed by atoms with Crippen molar-refractivity contribution in [3.05, 3.63) is 51.7 Å². The number of nitrogens with two attached hydrogens (primary N) is 1. The number of nitrogens with one attached hydrogen (secondary N) is 1. The molecular formula is C12H9BrClFN2O2S. The molecule has 0 heterocycles. The third-order valence-corrected chi connectivity index (χ3v) is 5.12. The van der Waals surface area contributed by atoms with Crippen molar-refractivity contribution in [2.45, 2.75) is 4.90 Å². The highest BCUT2D eigenvalue weighted by Gasteiger charge is 2.18. The molecule has 0 fully saturated rings. The Hall–Kier alpha value is -1.31. The van der Waals surface area contributed by atoms with Crippen LogP contribution in [0.3, 0.4) is 0 Å². The summed E-state index contributed by atoms with van der Waals surface area (Å²) >= 11 is 8.84. The molecule has 0 saturated heterocycles. The van der Waals surface area contributed by atoms with Gasteiger partial charge in [-0.2, -0.15) is 0 Å². The summed E-state index contributed by atoms with van der Waals surface area (Å²) in [6.45, 7) is 0. The maximum absolute atomic E-state index is 13.0. The molecule has 0 unspecified atom stereocenters. The lowest BCUT2D eigenvalue weighted by Gasteiger charge is -2.10. The lowest BCUT2D eigenvalue weighted by Crippen LogP contribution is -2.13. The molecule has 3 N–H and O–H groups in total. The summed E-state index contributed by atoms with van der Waals surface area (Å²) in [5.74, 6) is -0.536. The lowest BCUT2D eigenvalue weighted by molar-refractivity contribution is 0.599. The summed E-state index contributed by atoms with van der Waals surface area (Å²) in [7, 11) is -3.85. The summed E-state index contributed by atoms with van der Waals surface area (Å²) in [6.07, 6.45) is 0. The molecule has 0 aliphatic carbocycles. The lowest BCUT2D eigenvalue weighted by atomic mass is 10.3. The predicted molar refractivity (Wildman–Crippen MR) is 80.8 cm³/mol. The second kappa shape index (κ2) is 5.59. The third kappa shape index (κ3) is 3.23. The van der Waals surface area contributed by atoms with Gasteiger partial charge >= 0.3 is 0 Å². The van der Waals surface area contributed by atoms with Crippen LogP contribution < -0.4 is 10.5 Å². The van der Waals surface area contributed by atoms with E-state index in [1.807, 2.05) is 0 Å². The number of hydrogen-bond acceptors (Lipinski definition) is 3. The Morgan fingerprint density at radius 2 is 1.90 bits per heavy atom. The molecule has 106 valence electrons.